The third kappa shape index (κ3) is 6.21. The number of hydrogen-bond donors (Lipinski definition) is 2. The molecule has 3 aromatic rings. The van der Waals surface area contributed by atoms with E-state index in [0.717, 1.165) is 0 Å². The average molecular weight is 604 g/mol. The molecule has 14 nitrogen and oxygen atoms in total. The molecule has 2 fully saturated rings. The Kier molecular flexibility index (Phi) is 7.92. The molecule has 2 aliphatic rings. The van der Waals surface area contributed by atoms with Gasteiger partial charge in [0.05, 0.1) is 18.9 Å². The topological polar surface area (TPSA) is 175 Å². The first-order valence-corrected chi connectivity index (χ1v) is 14.9. The summed E-state index contributed by atoms with van der Waals surface area (Å²) in [6.45, 7) is 8.69. The van der Waals surface area contributed by atoms with E-state index < -0.39 is 49.8 Å². The third-order valence-electron chi connectivity index (χ3n) is 6.70. The van der Waals surface area contributed by atoms with Gasteiger partial charge in [0, 0.05) is 0 Å². The molecule has 2 aliphatic heterocycles. The predicted octanol–water partition coefficient (Wildman–Crippen LogP) is 3.82. The van der Waals surface area contributed by atoms with Crippen molar-refractivity contribution in [1.82, 2.24) is 19.7 Å². The number of aromatic nitrogens is 3. The van der Waals surface area contributed by atoms with Crippen molar-refractivity contribution in [3.63, 3.8) is 0 Å². The number of esters is 1. The molecule has 15 heteroatoms. The molecule has 42 heavy (non-hydrogen) atoms. The van der Waals surface area contributed by atoms with Crippen molar-refractivity contribution in [3.8, 4) is 5.75 Å². The Bertz CT molecular complexity index is 1510. The van der Waals surface area contributed by atoms with Gasteiger partial charge in [0.2, 0.25) is 0 Å². The molecule has 4 heterocycles. The number of rotatable bonds is 10. The quantitative estimate of drug-likeness (QED) is 0.253. The lowest BCUT2D eigenvalue weighted by Crippen LogP contribution is -2.44. The summed E-state index contributed by atoms with van der Waals surface area (Å²) in [6, 6.07) is 10.8. The second-order valence-electron chi connectivity index (χ2n) is 11.6. The summed E-state index contributed by atoms with van der Waals surface area (Å²) in [4.78, 5) is 28.9. The summed E-state index contributed by atoms with van der Waals surface area (Å²) >= 11 is 0. The van der Waals surface area contributed by atoms with Gasteiger partial charge < -0.3 is 29.2 Å². The minimum Gasteiger partial charge on any atom is -0.464 e. The van der Waals surface area contributed by atoms with Crippen LogP contribution in [0.25, 0.3) is 5.52 Å². The Hall–Kier alpha value is -3.71. The van der Waals surface area contributed by atoms with E-state index in [9.17, 15) is 14.2 Å². The highest BCUT2D eigenvalue weighted by molar-refractivity contribution is 7.52. The van der Waals surface area contributed by atoms with Gasteiger partial charge in [0.1, 0.15) is 35.3 Å². The van der Waals surface area contributed by atoms with Crippen LogP contribution in [0.15, 0.2) is 48.8 Å². The molecular weight excluding hydrogens is 569 g/mol. The number of hydrogen-bond acceptors (Lipinski definition) is 12. The zero-order valence-corrected chi connectivity index (χ0v) is 24.8. The number of benzene rings is 1. The molecule has 0 amide bonds. The summed E-state index contributed by atoms with van der Waals surface area (Å²) in [7, 11) is -4.24. The van der Waals surface area contributed by atoms with E-state index in [4.69, 9.17) is 33.7 Å². The molecule has 226 valence electrons. The smallest absolute Gasteiger partial charge is 0.464 e. The highest BCUT2D eigenvalue weighted by Crippen LogP contribution is 2.51. The van der Waals surface area contributed by atoms with Crippen LogP contribution in [0.3, 0.4) is 0 Å². The van der Waals surface area contributed by atoms with Crippen LogP contribution in [-0.2, 0) is 32.8 Å². The van der Waals surface area contributed by atoms with Crippen molar-refractivity contribution in [2.24, 2.45) is 5.41 Å². The molecule has 6 atom stereocenters. The Morgan fingerprint density at radius 2 is 1.95 bits per heavy atom. The number of para-hydroxylation sites is 1. The monoisotopic (exact) mass is 603 g/mol. The molecule has 0 aliphatic carbocycles. The van der Waals surface area contributed by atoms with Crippen molar-refractivity contribution >= 4 is 31.2 Å². The van der Waals surface area contributed by atoms with Crippen LogP contribution in [0.1, 0.15) is 46.4 Å². The third-order valence-corrected chi connectivity index (χ3v) is 8.32. The van der Waals surface area contributed by atoms with Gasteiger partial charge in [-0.15, -0.1) is 0 Å². The van der Waals surface area contributed by atoms with E-state index in [1.54, 1.807) is 53.9 Å². The minimum atomic E-state index is -4.24. The molecule has 3 N–H and O–H groups in total. The molecular formula is C27H34N5O9P. The van der Waals surface area contributed by atoms with Crippen LogP contribution >= 0.6 is 7.75 Å². The molecule has 2 saturated heterocycles. The van der Waals surface area contributed by atoms with Gasteiger partial charge in [-0.1, -0.05) is 39.0 Å². The molecule has 1 aromatic carbocycles. The van der Waals surface area contributed by atoms with Crippen molar-refractivity contribution in [3.05, 3.63) is 54.5 Å². The number of ether oxygens (including phenoxy) is 4. The number of fused-ring (bicyclic) bond motifs is 2. The lowest BCUT2D eigenvalue weighted by molar-refractivity contribution is -0.148. The first-order chi connectivity index (χ1) is 19.8. The fourth-order valence-corrected chi connectivity index (χ4v) is 6.23. The zero-order chi connectivity index (χ0) is 30.3. The summed E-state index contributed by atoms with van der Waals surface area (Å²) in [5.74, 6) is -0.130. The van der Waals surface area contributed by atoms with E-state index >= 15 is 0 Å². The van der Waals surface area contributed by atoms with E-state index in [0.29, 0.717) is 11.2 Å². The maximum absolute atomic E-state index is 14.1. The summed E-state index contributed by atoms with van der Waals surface area (Å²) < 4.78 is 50.0. The summed E-state index contributed by atoms with van der Waals surface area (Å²) in [5, 5.41) is 6.92. The summed E-state index contributed by atoms with van der Waals surface area (Å²) in [5.41, 5.74) is 5.45. The Morgan fingerprint density at radius 1 is 1.21 bits per heavy atom. The van der Waals surface area contributed by atoms with Gasteiger partial charge >= 0.3 is 19.9 Å². The highest BCUT2D eigenvalue weighted by atomic mass is 31.2. The number of nitrogens with zero attached hydrogens (tertiary/aromatic N) is 3. The van der Waals surface area contributed by atoms with Crippen molar-refractivity contribution in [1.29, 1.82) is 0 Å². The first kappa shape index (κ1) is 29.8. The first-order valence-electron chi connectivity index (χ1n) is 13.3. The average Bonchev–Trinajstić information content (AvgIpc) is 3.60. The number of anilines is 1. The van der Waals surface area contributed by atoms with Crippen molar-refractivity contribution in [2.75, 3.05) is 18.9 Å². The normalized spacial score (nSPS) is 25.7. The Labute approximate surface area is 242 Å². The molecule has 5 rings (SSSR count). The highest BCUT2D eigenvalue weighted by Gasteiger charge is 2.62. The Balaban J connectivity index is 1.38. The molecule has 0 unspecified atom stereocenters. The predicted molar refractivity (Wildman–Crippen MR) is 148 cm³/mol. The molecule has 0 saturated carbocycles. The summed E-state index contributed by atoms with van der Waals surface area (Å²) in [6.07, 6.45) is -2.21. The molecule has 0 bridgehead atoms. The van der Waals surface area contributed by atoms with Crippen molar-refractivity contribution in [2.45, 2.75) is 64.6 Å². The standard InChI is InChI=1S/C27H34N5O9P/c1-16(24(33)36-13-26(2,3)4)31-42(35,41-17-9-7-6-8-10-17)37-14-27(5)22-21(38-25(34)39-22)20(40-27)18-11-12-19-23(28)29-15-30-32(18)19/h6-12,15-16,20-22H,13-14H2,1-5H3,(H,31,35)(H2,28,29,30)/t16-,20-,21-,22-,27+,42-/m0/s1. The van der Waals surface area contributed by atoms with Crippen LogP contribution in [0.5, 0.6) is 5.75 Å². The second kappa shape index (κ2) is 11.2. The Morgan fingerprint density at radius 3 is 2.67 bits per heavy atom. The molecule has 0 radical (unpaired) electrons. The van der Waals surface area contributed by atoms with Gasteiger partial charge in [-0.3, -0.25) is 9.32 Å². The molecule has 2 aromatic heterocycles. The maximum Gasteiger partial charge on any atom is 0.509 e. The van der Waals surface area contributed by atoms with Crippen LogP contribution in [0.4, 0.5) is 10.6 Å². The van der Waals surface area contributed by atoms with Crippen LogP contribution in [-0.4, -0.2) is 63.8 Å². The van der Waals surface area contributed by atoms with E-state index in [1.807, 2.05) is 20.8 Å². The zero-order valence-electron chi connectivity index (χ0n) is 23.9. The fourth-order valence-electron chi connectivity index (χ4n) is 4.65. The van der Waals surface area contributed by atoms with Gasteiger partial charge in [-0.05, 0) is 43.5 Å². The number of carbonyl (C=O) groups excluding carboxylic acids is 2. The van der Waals surface area contributed by atoms with E-state index in [2.05, 4.69) is 15.2 Å². The van der Waals surface area contributed by atoms with Crippen LogP contribution in [0.2, 0.25) is 0 Å². The molecule has 0 spiro atoms. The van der Waals surface area contributed by atoms with Crippen LogP contribution in [0, 0.1) is 5.41 Å². The second-order valence-corrected chi connectivity index (χ2v) is 13.3. The van der Waals surface area contributed by atoms with E-state index in [1.165, 1.54) is 13.3 Å². The lowest BCUT2D eigenvalue weighted by Gasteiger charge is -2.30. The van der Waals surface area contributed by atoms with E-state index in [-0.39, 0.29) is 30.2 Å². The number of nitrogens with two attached hydrogens (primary N) is 1. The van der Waals surface area contributed by atoms with Crippen molar-refractivity contribution < 1.29 is 42.1 Å². The van der Waals surface area contributed by atoms with Crippen LogP contribution < -0.4 is 15.3 Å². The van der Waals surface area contributed by atoms with Gasteiger partial charge in [-0.25, -0.2) is 18.9 Å². The fraction of sp³-hybridized carbons (Fsp3) is 0.481. The van der Waals surface area contributed by atoms with Gasteiger partial charge in [0.25, 0.3) is 0 Å². The number of nitrogens with one attached hydrogen (secondary N) is 1. The number of carbonyl (C=O) groups is 2. The number of nitrogen functional groups attached to an aromatic ring is 1. The van der Waals surface area contributed by atoms with Gasteiger partial charge in [0.15, 0.2) is 18.0 Å². The maximum atomic E-state index is 14.1. The van der Waals surface area contributed by atoms with Gasteiger partial charge in [-0.2, -0.15) is 10.2 Å². The minimum absolute atomic E-state index is 0.162. The SMILES string of the molecule is C[C@H](N[P@](=O)(OC[C@@]1(C)O[C@@H](c2ccc3c(N)ncnn23)[C@@H]2OC(=O)O[C@@H]21)Oc1ccccc1)C(=O)OCC(C)(C)C. The lowest BCUT2D eigenvalue weighted by atomic mass is 9.97. The largest absolute Gasteiger partial charge is 0.509 e.